The Morgan fingerprint density at radius 2 is 1.90 bits per heavy atom. The van der Waals surface area contributed by atoms with Gasteiger partial charge in [-0.1, -0.05) is 31.2 Å². The number of carbonyl (C=O) groups is 1. The molecule has 20 heavy (non-hydrogen) atoms. The number of nitrogens with one attached hydrogen (secondary N) is 1. The van der Waals surface area contributed by atoms with Gasteiger partial charge in [0.25, 0.3) is 0 Å². The third kappa shape index (κ3) is 4.32. The average Bonchev–Trinajstić information content (AvgIpc) is 2.48. The van der Waals surface area contributed by atoms with Crippen LogP contribution in [0.1, 0.15) is 43.7 Å². The molecular formula is C16H24N2O2. The maximum atomic E-state index is 11.4. The van der Waals surface area contributed by atoms with E-state index in [1.807, 2.05) is 24.3 Å². The molecule has 0 unspecified atom stereocenters. The fraction of sp³-hybridized carbons (Fsp3) is 0.562. The molecule has 1 amide bonds. The van der Waals surface area contributed by atoms with Crippen LogP contribution in [0.5, 0.6) is 0 Å². The molecular weight excluding hydrogens is 252 g/mol. The van der Waals surface area contributed by atoms with Crippen molar-refractivity contribution in [1.29, 1.82) is 0 Å². The van der Waals surface area contributed by atoms with Crippen LogP contribution in [0.4, 0.5) is 0 Å². The van der Waals surface area contributed by atoms with Crippen LogP contribution in [-0.4, -0.2) is 12.0 Å². The number of hydrogen-bond acceptors (Lipinski definition) is 3. The molecule has 0 heterocycles. The van der Waals surface area contributed by atoms with E-state index >= 15 is 0 Å². The normalized spacial score (nSPS) is 22.5. The van der Waals surface area contributed by atoms with E-state index in [2.05, 4.69) is 12.3 Å². The molecule has 1 aromatic carbocycles. The Kier molecular flexibility index (Phi) is 5.56. The van der Waals surface area contributed by atoms with Crippen LogP contribution < -0.4 is 11.3 Å². The quantitative estimate of drug-likeness (QED) is 0.493. The zero-order valence-electron chi connectivity index (χ0n) is 12.1. The van der Waals surface area contributed by atoms with Crippen LogP contribution in [-0.2, 0) is 22.6 Å². The van der Waals surface area contributed by atoms with Crippen molar-refractivity contribution in [3.8, 4) is 0 Å². The molecule has 1 aliphatic rings. The van der Waals surface area contributed by atoms with Crippen molar-refractivity contribution in [2.75, 3.05) is 0 Å². The summed E-state index contributed by atoms with van der Waals surface area (Å²) in [6, 6.07) is 7.89. The van der Waals surface area contributed by atoms with Crippen molar-refractivity contribution in [3.63, 3.8) is 0 Å². The summed E-state index contributed by atoms with van der Waals surface area (Å²) >= 11 is 0. The second-order valence-electron chi connectivity index (χ2n) is 5.71. The second-order valence-corrected chi connectivity index (χ2v) is 5.71. The summed E-state index contributed by atoms with van der Waals surface area (Å²) in [6.45, 7) is 2.88. The van der Waals surface area contributed by atoms with E-state index in [1.54, 1.807) is 0 Å². The van der Waals surface area contributed by atoms with Gasteiger partial charge in [-0.2, -0.15) is 0 Å². The lowest BCUT2D eigenvalue weighted by molar-refractivity contribution is -0.120. The Morgan fingerprint density at radius 3 is 2.55 bits per heavy atom. The van der Waals surface area contributed by atoms with E-state index < -0.39 is 0 Å². The van der Waals surface area contributed by atoms with E-state index in [-0.39, 0.29) is 5.91 Å². The van der Waals surface area contributed by atoms with Crippen molar-refractivity contribution < 1.29 is 9.53 Å². The Bertz CT molecular complexity index is 440. The number of hydrazine groups is 1. The third-order valence-electron chi connectivity index (χ3n) is 4.07. The number of rotatable bonds is 5. The van der Waals surface area contributed by atoms with Crippen molar-refractivity contribution in [2.45, 2.75) is 51.7 Å². The van der Waals surface area contributed by atoms with Gasteiger partial charge in [0.05, 0.1) is 19.1 Å². The lowest BCUT2D eigenvalue weighted by Crippen LogP contribution is -2.31. The van der Waals surface area contributed by atoms with Crippen LogP contribution in [0.15, 0.2) is 24.3 Å². The molecule has 4 heteroatoms. The van der Waals surface area contributed by atoms with Crippen molar-refractivity contribution in [3.05, 3.63) is 35.4 Å². The van der Waals surface area contributed by atoms with Crippen molar-refractivity contribution >= 4 is 5.91 Å². The Labute approximate surface area is 120 Å². The number of benzene rings is 1. The third-order valence-corrected chi connectivity index (χ3v) is 4.07. The van der Waals surface area contributed by atoms with E-state index in [4.69, 9.17) is 10.6 Å². The first-order valence-corrected chi connectivity index (χ1v) is 7.37. The fourth-order valence-electron chi connectivity index (χ4n) is 2.70. The molecule has 1 fully saturated rings. The van der Waals surface area contributed by atoms with Crippen LogP contribution in [0.3, 0.4) is 0 Å². The van der Waals surface area contributed by atoms with E-state index in [9.17, 15) is 4.79 Å². The summed E-state index contributed by atoms with van der Waals surface area (Å²) < 4.78 is 6.01. The smallest absolute Gasteiger partial charge is 0.238 e. The maximum absolute atomic E-state index is 11.4. The summed E-state index contributed by atoms with van der Waals surface area (Å²) in [4.78, 5) is 11.4. The van der Waals surface area contributed by atoms with E-state index in [0.717, 1.165) is 29.9 Å². The zero-order chi connectivity index (χ0) is 14.4. The molecule has 1 aliphatic carbocycles. The van der Waals surface area contributed by atoms with E-state index in [1.165, 1.54) is 12.8 Å². The van der Waals surface area contributed by atoms with Gasteiger partial charge in [-0.3, -0.25) is 10.2 Å². The predicted molar refractivity (Wildman–Crippen MR) is 78.7 cm³/mol. The molecule has 0 radical (unpaired) electrons. The zero-order valence-corrected chi connectivity index (χ0v) is 12.1. The van der Waals surface area contributed by atoms with Gasteiger partial charge in [0.2, 0.25) is 5.91 Å². The monoisotopic (exact) mass is 276 g/mol. The second kappa shape index (κ2) is 7.41. The maximum Gasteiger partial charge on any atom is 0.238 e. The molecule has 0 aliphatic heterocycles. The van der Waals surface area contributed by atoms with Gasteiger partial charge < -0.3 is 4.74 Å². The predicted octanol–water partition coefficient (Wildman–Crippen LogP) is 2.31. The average molecular weight is 276 g/mol. The first-order valence-electron chi connectivity index (χ1n) is 7.37. The minimum Gasteiger partial charge on any atom is -0.374 e. The van der Waals surface area contributed by atoms with Crippen molar-refractivity contribution in [1.82, 2.24) is 5.43 Å². The highest BCUT2D eigenvalue weighted by Crippen LogP contribution is 2.26. The Balaban J connectivity index is 1.90. The minimum absolute atomic E-state index is 0.177. The molecule has 2 rings (SSSR count). The summed E-state index contributed by atoms with van der Waals surface area (Å²) in [5.41, 5.74) is 4.24. The van der Waals surface area contributed by atoms with Gasteiger partial charge in [-0.25, -0.2) is 5.84 Å². The number of amides is 1. The van der Waals surface area contributed by atoms with E-state index in [0.29, 0.717) is 19.1 Å². The number of hydrogen-bond donors (Lipinski definition) is 2. The Hall–Kier alpha value is -1.39. The van der Waals surface area contributed by atoms with Gasteiger partial charge in [-0.15, -0.1) is 0 Å². The van der Waals surface area contributed by atoms with Crippen LogP contribution in [0.25, 0.3) is 0 Å². The molecule has 0 saturated heterocycles. The summed E-state index contributed by atoms with van der Waals surface area (Å²) in [5, 5.41) is 0. The summed E-state index contributed by atoms with van der Waals surface area (Å²) in [7, 11) is 0. The summed E-state index contributed by atoms with van der Waals surface area (Å²) in [5.74, 6) is 5.80. The van der Waals surface area contributed by atoms with Crippen molar-refractivity contribution in [2.24, 2.45) is 11.8 Å². The van der Waals surface area contributed by atoms with Gasteiger partial charge >= 0.3 is 0 Å². The molecule has 1 aromatic rings. The standard InChI is InChI=1S/C16H24N2O2/c1-12-6-8-15(9-7-12)20-11-14-5-3-2-4-13(14)10-16(19)18-17/h2-5,12,15H,6-11,17H2,1H3,(H,18,19). The van der Waals surface area contributed by atoms with Gasteiger partial charge in [0, 0.05) is 0 Å². The highest BCUT2D eigenvalue weighted by Gasteiger charge is 2.19. The largest absolute Gasteiger partial charge is 0.374 e. The number of ether oxygens (including phenoxy) is 1. The molecule has 1 saturated carbocycles. The van der Waals surface area contributed by atoms with Crippen LogP contribution >= 0.6 is 0 Å². The van der Waals surface area contributed by atoms with Gasteiger partial charge in [0.1, 0.15) is 0 Å². The molecule has 4 nitrogen and oxygen atoms in total. The SMILES string of the molecule is CC1CCC(OCc2ccccc2CC(=O)NN)CC1. The molecule has 0 aromatic heterocycles. The number of nitrogens with two attached hydrogens (primary N) is 1. The molecule has 0 atom stereocenters. The molecule has 0 spiro atoms. The lowest BCUT2D eigenvalue weighted by atomic mass is 9.89. The Morgan fingerprint density at radius 1 is 1.25 bits per heavy atom. The number of carbonyl (C=O) groups excluding carboxylic acids is 1. The minimum atomic E-state index is -0.177. The molecule has 0 bridgehead atoms. The molecule has 3 N–H and O–H groups in total. The highest BCUT2D eigenvalue weighted by atomic mass is 16.5. The first kappa shape index (κ1) is 15.0. The van der Waals surface area contributed by atoms with Crippen LogP contribution in [0, 0.1) is 5.92 Å². The first-order chi connectivity index (χ1) is 9.69. The topological polar surface area (TPSA) is 64.3 Å². The fourth-order valence-corrected chi connectivity index (χ4v) is 2.70. The molecule has 110 valence electrons. The summed E-state index contributed by atoms with van der Waals surface area (Å²) in [6.07, 6.45) is 5.46. The van der Waals surface area contributed by atoms with Crippen LogP contribution in [0.2, 0.25) is 0 Å². The lowest BCUT2D eigenvalue weighted by Gasteiger charge is -2.26. The van der Waals surface area contributed by atoms with Gasteiger partial charge in [-0.05, 0) is 42.7 Å². The highest BCUT2D eigenvalue weighted by molar-refractivity contribution is 5.78. The van der Waals surface area contributed by atoms with Gasteiger partial charge in [0.15, 0.2) is 0 Å².